The van der Waals surface area contributed by atoms with E-state index in [2.05, 4.69) is 27.4 Å². The quantitative estimate of drug-likeness (QED) is 0.812. The van der Waals surface area contributed by atoms with Gasteiger partial charge in [0.2, 0.25) is 5.13 Å². The lowest BCUT2D eigenvalue weighted by molar-refractivity contribution is 0.102. The monoisotopic (exact) mass is 273 g/mol. The Bertz CT molecular complexity index is 655. The molecule has 0 radical (unpaired) electrons. The van der Waals surface area contributed by atoms with E-state index in [1.54, 1.807) is 24.3 Å². The van der Waals surface area contributed by atoms with Crippen LogP contribution in [0.1, 0.15) is 20.9 Å². The molecular weight excluding hydrogens is 262 g/mol. The number of aliphatic hydroxyl groups is 1. The Morgan fingerprint density at radius 1 is 1.47 bits per heavy atom. The van der Waals surface area contributed by atoms with Gasteiger partial charge in [0.15, 0.2) is 0 Å². The molecule has 0 saturated carbocycles. The van der Waals surface area contributed by atoms with Crippen LogP contribution in [0.25, 0.3) is 0 Å². The summed E-state index contributed by atoms with van der Waals surface area (Å²) in [5, 5.41) is 20.2. The summed E-state index contributed by atoms with van der Waals surface area (Å²) in [7, 11) is 0. The van der Waals surface area contributed by atoms with Crippen LogP contribution in [0.2, 0.25) is 0 Å². The van der Waals surface area contributed by atoms with E-state index >= 15 is 0 Å². The standard InChI is InChI=1S/C13H11N3O2S/c1-9-15-16-13(19-9)14-12(18)11-6-2-4-10(8-11)5-3-7-17/h2,4,6,8,17H,7H2,1H3,(H,14,16,18). The minimum absolute atomic E-state index is 0.208. The van der Waals surface area contributed by atoms with Crippen LogP contribution in [0.15, 0.2) is 24.3 Å². The molecule has 2 N–H and O–H groups in total. The summed E-state index contributed by atoms with van der Waals surface area (Å²) in [5.41, 5.74) is 1.16. The second-order valence-corrected chi connectivity index (χ2v) is 4.80. The van der Waals surface area contributed by atoms with Crippen LogP contribution in [0.3, 0.4) is 0 Å². The third kappa shape index (κ3) is 3.61. The zero-order valence-corrected chi connectivity index (χ0v) is 11.0. The van der Waals surface area contributed by atoms with Gasteiger partial charge in [-0.05, 0) is 25.1 Å². The van der Waals surface area contributed by atoms with Gasteiger partial charge in [-0.25, -0.2) is 0 Å². The number of hydrogen-bond acceptors (Lipinski definition) is 5. The Balaban J connectivity index is 2.15. The third-order valence-electron chi connectivity index (χ3n) is 2.18. The van der Waals surface area contributed by atoms with Crippen molar-refractivity contribution in [3.8, 4) is 11.8 Å². The molecule has 6 heteroatoms. The minimum atomic E-state index is -0.260. The first-order valence-electron chi connectivity index (χ1n) is 5.50. The zero-order valence-electron chi connectivity index (χ0n) is 10.2. The molecule has 1 heterocycles. The first-order chi connectivity index (χ1) is 9.19. The summed E-state index contributed by atoms with van der Waals surface area (Å²) in [6.07, 6.45) is 0. The largest absolute Gasteiger partial charge is 0.384 e. The predicted molar refractivity (Wildman–Crippen MR) is 73.0 cm³/mol. The number of amides is 1. The lowest BCUT2D eigenvalue weighted by atomic mass is 10.1. The van der Waals surface area contributed by atoms with Gasteiger partial charge < -0.3 is 5.11 Å². The molecule has 0 fully saturated rings. The van der Waals surface area contributed by atoms with E-state index in [1.165, 1.54) is 11.3 Å². The van der Waals surface area contributed by atoms with Crippen LogP contribution in [0.5, 0.6) is 0 Å². The molecule has 2 aromatic rings. The third-order valence-corrected chi connectivity index (χ3v) is 2.94. The van der Waals surface area contributed by atoms with E-state index < -0.39 is 0 Å². The van der Waals surface area contributed by atoms with E-state index in [0.29, 0.717) is 16.3 Å². The van der Waals surface area contributed by atoms with Crippen molar-refractivity contribution in [3.63, 3.8) is 0 Å². The molecular formula is C13H11N3O2S. The fourth-order valence-corrected chi connectivity index (χ4v) is 1.98. The maximum atomic E-state index is 12.0. The summed E-state index contributed by atoms with van der Waals surface area (Å²) in [4.78, 5) is 12.0. The van der Waals surface area contributed by atoms with Gasteiger partial charge in [-0.15, -0.1) is 10.2 Å². The lowest BCUT2D eigenvalue weighted by Gasteiger charge is -2.01. The highest BCUT2D eigenvalue weighted by Gasteiger charge is 2.09. The predicted octanol–water partition coefficient (Wildman–Crippen LogP) is 1.44. The van der Waals surface area contributed by atoms with Gasteiger partial charge in [0.25, 0.3) is 5.91 Å². The molecule has 19 heavy (non-hydrogen) atoms. The molecule has 0 bridgehead atoms. The second-order valence-electron chi connectivity index (χ2n) is 3.62. The Kier molecular flexibility index (Phi) is 4.23. The van der Waals surface area contributed by atoms with E-state index in [9.17, 15) is 4.79 Å². The number of aliphatic hydroxyl groups excluding tert-OH is 1. The van der Waals surface area contributed by atoms with Gasteiger partial charge in [0, 0.05) is 11.1 Å². The Labute approximate surface area is 114 Å². The number of nitrogens with zero attached hydrogens (tertiary/aromatic N) is 2. The zero-order chi connectivity index (χ0) is 13.7. The average Bonchev–Trinajstić information content (AvgIpc) is 2.82. The highest BCUT2D eigenvalue weighted by Crippen LogP contribution is 2.15. The normalized spacial score (nSPS) is 9.58. The van der Waals surface area contributed by atoms with E-state index in [4.69, 9.17) is 5.11 Å². The fraction of sp³-hybridized carbons (Fsp3) is 0.154. The van der Waals surface area contributed by atoms with E-state index in [0.717, 1.165) is 5.01 Å². The summed E-state index contributed by atoms with van der Waals surface area (Å²) < 4.78 is 0. The van der Waals surface area contributed by atoms with Gasteiger partial charge in [0.05, 0.1) is 0 Å². The molecule has 1 aromatic heterocycles. The molecule has 0 spiro atoms. The summed E-state index contributed by atoms with van der Waals surface area (Å²) in [6.45, 7) is 1.61. The van der Waals surface area contributed by atoms with Crippen molar-refractivity contribution in [2.24, 2.45) is 0 Å². The number of aromatic nitrogens is 2. The van der Waals surface area contributed by atoms with Crippen molar-refractivity contribution in [2.45, 2.75) is 6.92 Å². The van der Waals surface area contributed by atoms with E-state index in [1.807, 2.05) is 6.92 Å². The highest BCUT2D eigenvalue weighted by molar-refractivity contribution is 7.15. The lowest BCUT2D eigenvalue weighted by Crippen LogP contribution is -2.11. The molecule has 2 rings (SSSR count). The Morgan fingerprint density at radius 3 is 3.00 bits per heavy atom. The van der Waals surface area contributed by atoms with Crippen LogP contribution < -0.4 is 5.32 Å². The van der Waals surface area contributed by atoms with Crippen molar-refractivity contribution in [3.05, 3.63) is 40.4 Å². The minimum Gasteiger partial charge on any atom is -0.384 e. The summed E-state index contributed by atoms with van der Waals surface area (Å²) in [5.74, 6) is 5.03. The molecule has 0 saturated heterocycles. The number of aryl methyl sites for hydroxylation is 1. The van der Waals surface area contributed by atoms with Gasteiger partial charge in [-0.1, -0.05) is 29.2 Å². The number of anilines is 1. The number of benzene rings is 1. The van der Waals surface area contributed by atoms with Gasteiger partial charge in [0.1, 0.15) is 11.6 Å². The number of rotatable bonds is 2. The summed E-state index contributed by atoms with van der Waals surface area (Å²) >= 11 is 1.31. The molecule has 0 atom stereocenters. The second kappa shape index (κ2) is 6.09. The van der Waals surface area contributed by atoms with Gasteiger partial charge in [-0.2, -0.15) is 0 Å². The molecule has 1 aromatic carbocycles. The van der Waals surface area contributed by atoms with Gasteiger partial charge >= 0.3 is 0 Å². The molecule has 0 aliphatic heterocycles. The van der Waals surface area contributed by atoms with Crippen molar-refractivity contribution in [1.29, 1.82) is 0 Å². The van der Waals surface area contributed by atoms with Crippen LogP contribution >= 0.6 is 11.3 Å². The van der Waals surface area contributed by atoms with Crippen molar-refractivity contribution in [2.75, 3.05) is 11.9 Å². The topological polar surface area (TPSA) is 75.1 Å². The maximum absolute atomic E-state index is 12.0. The maximum Gasteiger partial charge on any atom is 0.257 e. The number of carbonyl (C=O) groups is 1. The molecule has 0 aliphatic carbocycles. The number of nitrogens with one attached hydrogen (secondary N) is 1. The van der Waals surface area contributed by atoms with E-state index in [-0.39, 0.29) is 12.5 Å². The van der Waals surface area contributed by atoms with Gasteiger partial charge in [-0.3, -0.25) is 10.1 Å². The average molecular weight is 273 g/mol. The SMILES string of the molecule is Cc1nnc(NC(=O)c2cccc(C#CCO)c2)s1. The molecule has 1 amide bonds. The molecule has 0 unspecified atom stereocenters. The molecule has 96 valence electrons. The first-order valence-corrected chi connectivity index (χ1v) is 6.32. The first kappa shape index (κ1) is 13.2. The van der Waals surface area contributed by atoms with Crippen LogP contribution in [-0.4, -0.2) is 27.8 Å². The van der Waals surface area contributed by atoms with Crippen molar-refractivity contribution < 1.29 is 9.90 Å². The Hall–Kier alpha value is -2.23. The fourth-order valence-electron chi connectivity index (χ4n) is 1.40. The van der Waals surface area contributed by atoms with Crippen LogP contribution in [0.4, 0.5) is 5.13 Å². The summed E-state index contributed by atoms with van der Waals surface area (Å²) in [6, 6.07) is 6.86. The van der Waals surface area contributed by atoms with Crippen LogP contribution in [0, 0.1) is 18.8 Å². The number of hydrogen-bond donors (Lipinski definition) is 2. The Morgan fingerprint density at radius 2 is 2.32 bits per heavy atom. The van der Waals surface area contributed by atoms with Crippen LogP contribution in [-0.2, 0) is 0 Å². The smallest absolute Gasteiger partial charge is 0.257 e. The van der Waals surface area contributed by atoms with Crippen molar-refractivity contribution >= 4 is 22.4 Å². The highest BCUT2D eigenvalue weighted by atomic mass is 32.1. The van der Waals surface area contributed by atoms with Crippen molar-refractivity contribution in [1.82, 2.24) is 10.2 Å². The molecule has 5 nitrogen and oxygen atoms in total. The molecule has 0 aliphatic rings. The number of carbonyl (C=O) groups excluding carboxylic acids is 1.